The van der Waals surface area contributed by atoms with Crippen LogP contribution in [-0.2, 0) is 17.9 Å². The summed E-state index contributed by atoms with van der Waals surface area (Å²) < 4.78 is 2.16. The number of rotatable bonds is 8. The Morgan fingerprint density at radius 3 is 2.48 bits per heavy atom. The van der Waals surface area contributed by atoms with Gasteiger partial charge >= 0.3 is 0 Å². The van der Waals surface area contributed by atoms with Crippen molar-refractivity contribution < 1.29 is 9.59 Å². The highest BCUT2D eigenvalue weighted by molar-refractivity contribution is 5.97. The second kappa shape index (κ2) is 10.9. The molecular weight excluding hydrogens is 392 g/mol. The Balaban J connectivity index is 2.37. The van der Waals surface area contributed by atoms with Crippen molar-refractivity contribution in [3.05, 3.63) is 23.3 Å². The molecule has 0 aromatic carbocycles. The molecule has 1 aliphatic rings. The number of fused-ring (bicyclic) bond motifs is 1. The summed E-state index contributed by atoms with van der Waals surface area (Å²) >= 11 is 0. The van der Waals surface area contributed by atoms with Crippen LogP contribution in [0.25, 0.3) is 6.08 Å². The van der Waals surface area contributed by atoms with Crippen LogP contribution in [-0.4, -0.2) is 77.5 Å². The average Bonchev–Trinajstić information content (AvgIpc) is 2.92. The maximum atomic E-state index is 13.3. The van der Waals surface area contributed by atoms with Gasteiger partial charge in [0.15, 0.2) is 5.69 Å². The number of likely N-dealkylation sites (N-methyl/N-ethyl adjacent to an activating group) is 2. The minimum Gasteiger partial charge on any atom is -0.357 e. The second-order valence-electron chi connectivity index (χ2n) is 9.28. The molecule has 1 aromatic rings. The Kier molecular flexibility index (Phi) is 8.82. The first-order chi connectivity index (χ1) is 14.6. The third kappa shape index (κ3) is 6.40. The van der Waals surface area contributed by atoms with Gasteiger partial charge in [-0.3, -0.25) is 9.59 Å². The molecule has 31 heavy (non-hydrogen) atoms. The Hall–Kier alpha value is -2.19. The van der Waals surface area contributed by atoms with E-state index in [4.69, 9.17) is 4.98 Å². The van der Waals surface area contributed by atoms with Crippen molar-refractivity contribution in [2.24, 2.45) is 5.41 Å². The lowest BCUT2D eigenvalue weighted by atomic mass is 9.86. The Labute approximate surface area is 187 Å². The largest absolute Gasteiger partial charge is 0.357 e. The second-order valence-corrected chi connectivity index (χ2v) is 9.28. The van der Waals surface area contributed by atoms with E-state index in [0.29, 0.717) is 12.2 Å². The van der Waals surface area contributed by atoms with Gasteiger partial charge in [-0.1, -0.05) is 40.7 Å². The van der Waals surface area contributed by atoms with Gasteiger partial charge in [-0.05, 0) is 44.6 Å². The summed E-state index contributed by atoms with van der Waals surface area (Å²) in [5, 5.41) is 5.60. The predicted octanol–water partition coefficient (Wildman–Crippen LogP) is 1.96. The van der Waals surface area contributed by atoms with Gasteiger partial charge in [-0.25, -0.2) is 4.98 Å². The van der Waals surface area contributed by atoms with Crippen molar-refractivity contribution in [2.45, 2.75) is 60.2 Å². The van der Waals surface area contributed by atoms with E-state index in [-0.39, 0.29) is 11.8 Å². The van der Waals surface area contributed by atoms with Crippen molar-refractivity contribution in [2.75, 3.05) is 40.3 Å². The molecule has 174 valence electrons. The topological polar surface area (TPSA) is 82.5 Å². The lowest BCUT2D eigenvalue weighted by Crippen LogP contribution is -2.53. The zero-order valence-corrected chi connectivity index (χ0v) is 20.3. The molecule has 0 saturated heterocycles. The van der Waals surface area contributed by atoms with Crippen molar-refractivity contribution in [1.29, 1.82) is 0 Å². The van der Waals surface area contributed by atoms with Crippen LogP contribution in [0.1, 0.15) is 63.0 Å². The molecule has 0 bridgehead atoms. The van der Waals surface area contributed by atoms with Gasteiger partial charge in [0.05, 0.1) is 5.69 Å². The minimum atomic E-state index is -0.646. The third-order valence-corrected chi connectivity index (χ3v) is 5.83. The van der Waals surface area contributed by atoms with Crippen molar-refractivity contribution in [3.63, 3.8) is 0 Å². The van der Waals surface area contributed by atoms with Gasteiger partial charge in [0, 0.05) is 26.7 Å². The van der Waals surface area contributed by atoms with Crippen LogP contribution in [0.15, 0.2) is 6.08 Å². The Morgan fingerprint density at radius 2 is 1.90 bits per heavy atom. The molecule has 2 heterocycles. The van der Waals surface area contributed by atoms with Crippen LogP contribution in [0.4, 0.5) is 0 Å². The fourth-order valence-electron chi connectivity index (χ4n) is 3.87. The maximum absolute atomic E-state index is 13.3. The first-order valence-corrected chi connectivity index (χ1v) is 11.3. The number of amides is 2. The lowest BCUT2D eigenvalue weighted by molar-refractivity contribution is -0.124. The molecule has 1 unspecified atom stereocenters. The van der Waals surface area contributed by atoms with E-state index in [2.05, 4.69) is 52.0 Å². The number of nitrogens with one attached hydrogen (secondary N) is 2. The number of imidazole rings is 1. The summed E-state index contributed by atoms with van der Waals surface area (Å²) in [6.45, 7) is 15.4. The number of hydrogen-bond donors (Lipinski definition) is 2. The maximum Gasteiger partial charge on any atom is 0.272 e. The van der Waals surface area contributed by atoms with Gasteiger partial charge in [0.2, 0.25) is 5.91 Å². The zero-order valence-electron chi connectivity index (χ0n) is 20.3. The van der Waals surface area contributed by atoms with Crippen molar-refractivity contribution in [3.8, 4) is 0 Å². The smallest absolute Gasteiger partial charge is 0.272 e. The summed E-state index contributed by atoms with van der Waals surface area (Å²) in [4.78, 5) is 35.0. The molecule has 8 heteroatoms. The molecule has 1 aliphatic heterocycles. The van der Waals surface area contributed by atoms with Crippen LogP contribution in [0.2, 0.25) is 0 Å². The van der Waals surface area contributed by atoms with Crippen LogP contribution in [0.5, 0.6) is 0 Å². The molecule has 0 radical (unpaired) electrons. The Morgan fingerprint density at radius 1 is 1.23 bits per heavy atom. The SMILES string of the molecule is CCN(CC)CC=Cc1nc(C(=O)NC(C(=O)NC)C(C)(C)C)c2n1CCCN(C)C2. The molecule has 0 aliphatic carbocycles. The fourth-order valence-corrected chi connectivity index (χ4v) is 3.87. The van der Waals surface area contributed by atoms with Gasteiger partial charge in [0.25, 0.3) is 5.91 Å². The van der Waals surface area contributed by atoms with E-state index in [1.807, 2.05) is 26.8 Å². The molecule has 8 nitrogen and oxygen atoms in total. The van der Waals surface area contributed by atoms with Crippen LogP contribution >= 0.6 is 0 Å². The molecule has 0 fully saturated rings. The molecule has 2 rings (SSSR count). The van der Waals surface area contributed by atoms with Gasteiger partial charge in [0.1, 0.15) is 11.9 Å². The van der Waals surface area contributed by atoms with E-state index in [1.54, 1.807) is 7.05 Å². The standard InChI is InChI=1S/C23H40N6O2/c1-8-28(9-2)14-10-12-18-25-19(17-16-27(7)13-11-15-29(17)18)21(30)26-20(22(31)24-6)23(3,4)5/h10,12,20H,8-9,11,13-16H2,1-7H3,(H,24,31)(H,26,30). The summed E-state index contributed by atoms with van der Waals surface area (Å²) in [7, 11) is 3.65. The van der Waals surface area contributed by atoms with E-state index in [9.17, 15) is 9.59 Å². The molecule has 1 atom stereocenters. The highest BCUT2D eigenvalue weighted by Crippen LogP contribution is 2.23. The summed E-state index contributed by atoms with van der Waals surface area (Å²) in [5.41, 5.74) is 0.898. The van der Waals surface area contributed by atoms with Crippen LogP contribution in [0, 0.1) is 5.41 Å². The molecule has 2 amide bonds. The monoisotopic (exact) mass is 432 g/mol. The van der Waals surface area contributed by atoms with Crippen molar-refractivity contribution in [1.82, 2.24) is 30.0 Å². The predicted molar refractivity (Wildman–Crippen MR) is 125 cm³/mol. The summed E-state index contributed by atoms with van der Waals surface area (Å²) in [6, 6.07) is -0.646. The van der Waals surface area contributed by atoms with E-state index in [1.165, 1.54) is 0 Å². The number of carbonyl (C=O) groups is 2. The quantitative estimate of drug-likeness (QED) is 0.656. The minimum absolute atomic E-state index is 0.206. The van der Waals surface area contributed by atoms with Gasteiger partial charge in [-0.15, -0.1) is 0 Å². The van der Waals surface area contributed by atoms with Gasteiger partial charge in [-0.2, -0.15) is 0 Å². The summed E-state index contributed by atoms with van der Waals surface area (Å²) in [5.74, 6) is 0.295. The molecule has 1 aromatic heterocycles. The Bertz CT molecular complexity index is 789. The molecule has 2 N–H and O–H groups in total. The first kappa shape index (κ1) is 25.1. The molecular formula is C23H40N6O2. The van der Waals surface area contributed by atoms with E-state index < -0.39 is 11.5 Å². The number of carbonyl (C=O) groups excluding carboxylic acids is 2. The van der Waals surface area contributed by atoms with Crippen LogP contribution in [0.3, 0.4) is 0 Å². The van der Waals surface area contributed by atoms with Gasteiger partial charge < -0.3 is 25.0 Å². The highest BCUT2D eigenvalue weighted by Gasteiger charge is 2.34. The number of nitrogens with zero attached hydrogens (tertiary/aromatic N) is 4. The van der Waals surface area contributed by atoms with Crippen molar-refractivity contribution >= 4 is 17.9 Å². The van der Waals surface area contributed by atoms with Crippen LogP contribution < -0.4 is 10.6 Å². The lowest BCUT2D eigenvalue weighted by Gasteiger charge is -2.29. The third-order valence-electron chi connectivity index (χ3n) is 5.83. The highest BCUT2D eigenvalue weighted by atomic mass is 16.2. The van der Waals surface area contributed by atoms with E-state index >= 15 is 0 Å². The average molecular weight is 433 g/mol. The number of hydrogen-bond acceptors (Lipinski definition) is 5. The number of aromatic nitrogens is 2. The fraction of sp³-hybridized carbons (Fsp3) is 0.696. The summed E-state index contributed by atoms with van der Waals surface area (Å²) in [6.07, 6.45) is 5.13. The van der Waals surface area contributed by atoms with E-state index in [0.717, 1.165) is 50.7 Å². The first-order valence-electron chi connectivity index (χ1n) is 11.3. The molecule has 0 spiro atoms. The zero-order chi connectivity index (χ0) is 23.2. The molecule has 0 saturated carbocycles. The normalized spacial score (nSPS) is 16.3.